The van der Waals surface area contributed by atoms with E-state index in [1.807, 2.05) is 6.92 Å². The minimum Gasteiger partial charge on any atom is -0.543 e. The Labute approximate surface area is 143 Å². The van der Waals surface area contributed by atoms with Crippen molar-refractivity contribution in [3.8, 4) is 0 Å². The van der Waals surface area contributed by atoms with Crippen molar-refractivity contribution in [3.05, 3.63) is 10.6 Å². The molecule has 0 aromatic rings. The molecule has 1 amide bonds. The largest absolute Gasteiger partial charge is 1.00 e. The van der Waals surface area contributed by atoms with Crippen LogP contribution in [0.2, 0.25) is 0 Å². The average Bonchev–Trinajstić information content (AvgIpc) is 2.56. The SMILES string of the molecule is CCSC1=C(C(=O)[O-])N2C(=O)C[C@H]2C1(C)C(=O)OC.[Na+]. The molecule has 2 aliphatic rings. The van der Waals surface area contributed by atoms with Gasteiger partial charge in [0.1, 0.15) is 5.41 Å². The van der Waals surface area contributed by atoms with Gasteiger partial charge in [0.05, 0.1) is 24.8 Å². The number of methoxy groups -OCH3 is 1. The number of β-lactam (4-membered cyclic amide) rings is 1. The number of esters is 1. The Morgan fingerprint density at radius 3 is 2.55 bits per heavy atom. The van der Waals surface area contributed by atoms with Gasteiger partial charge in [-0.2, -0.15) is 0 Å². The van der Waals surface area contributed by atoms with Crippen LogP contribution in [0.25, 0.3) is 0 Å². The van der Waals surface area contributed by atoms with Gasteiger partial charge in [0, 0.05) is 11.3 Å². The number of hydrogen-bond donors (Lipinski definition) is 0. The summed E-state index contributed by atoms with van der Waals surface area (Å²) in [5, 5.41) is 11.3. The standard InChI is InChI=1S/C12H15NO5S.Na/c1-4-19-9-8(10(15)16)13-6(5-7(13)14)12(9,2)11(17)18-3;/h6H,4-5H2,1-3H3,(H,15,16);/q;+1/p-1/t6-,12?;/m0./s1. The number of ether oxygens (including phenoxy) is 1. The summed E-state index contributed by atoms with van der Waals surface area (Å²) in [4.78, 5) is 36.5. The zero-order chi connectivity index (χ0) is 14.4. The van der Waals surface area contributed by atoms with E-state index in [0.717, 1.165) is 4.90 Å². The van der Waals surface area contributed by atoms with Crippen LogP contribution in [0.1, 0.15) is 20.3 Å². The van der Waals surface area contributed by atoms with E-state index in [2.05, 4.69) is 0 Å². The molecule has 20 heavy (non-hydrogen) atoms. The summed E-state index contributed by atoms with van der Waals surface area (Å²) in [6.07, 6.45) is 0.149. The van der Waals surface area contributed by atoms with Gasteiger partial charge in [-0.05, 0) is 12.7 Å². The first-order valence-electron chi connectivity index (χ1n) is 5.88. The normalized spacial score (nSPS) is 27.6. The van der Waals surface area contributed by atoms with Gasteiger partial charge >= 0.3 is 35.5 Å². The zero-order valence-electron chi connectivity index (χ0n) is 11.9. The Hall–Kier alpha value is -0.500. The van der Waals surface area contributed by atoms with E-state index in [1.165, 1.54) is 18.9 Å². The quantitative estimate of drug-likeness (QED) is 0.304. The summed E-state index contributed by atoms with van der Waals surface area (Å²) in [5.74, 6) is -1.66. The Morgan fingerprint density at radius 1 is 1.55 bits per heavy atom. The Morgan fingerprint density at radius 2 is 2.15 bits per heavy atom. The molecule has 0 aliphatic carbocycles. The van der Waals surface area contributed by atoms with Crippen LogP contribution in [-0.2, 0) is 19.1 Å². The minimum atomic E-state index is -1.43. The first-order valence-corrected chi connectivity index (χ1v) is 6.87. The monoisotopic (exact) mass is 307 g/mol. The molecule has 0 bridgehead atoms. The molecule has 2 aliphatic heterocycles. The number of aliphatic carboxylic acids is 1. The predicted octanol–water partition coefficient (Wildman–Crippen LogP) is -3.50. The third-order valence-corrected chi connectivity index (χ3v) is 4.83. The van der Waals surface area contributed by atoms with E-state index in [9.17, 15) is 19.5 Å². The number of carbonyl (C=O) groups excluding carboxylic acids is 3. The second-order valence-corrected chi connectivity index (χ2v) is 5.85. The molecule has 2 atom stereocenters. The van der Waals surface area contributed by atoms with Gasteiger partial charge in [-0.3, -0.25) is 9.59 Å². The predicted molar refractivity (Wildman–Crippen MR) is 65.5 cm³/mol. The third kappa shape index (κ3) is 2.20. The molecule has 104 valence electrons. The smallest absolute Gasteiger partial charge is 0.543 e. The van der Waals surface area contributed by atoms with Crippen LogP contribution in [0.4, 0.5) is 0 Å². The van der Waals surface area contributed by atoms with Gasteiger partial charge in [0.2, 0.25) is 5.91 Å². The Bertz CT molecular complexity index is 506. The molecule has 0 spiro atoms. The number of carbonyl (C=O) groups is 3. The number of fused-ring (bicyclic) bond motifs is 1. The molecular formula is C12H14NNaO5S. The van der Waals surface area contributed by atoms with Crippen molar-refractivity contribution in [2.45, 2.75) is 26.3 Å². The molecule has 0 aromatic carbocycles. The number of carboxylic acid groups (broad SMARTS) is 1. The van der Waals surface area contributed by atoms with Crippen LogP contribution in [0.15, 0.2) is 10.6 Å². The summed E-state index contributed by atoms with van der Waals surface area (Å²) >= 11 is 1.24. The van der Waals surface area contributed by atoms with Crippen molar-refractivity contribution >= 4 is 29.6 Å². The maximum Gasteiger partial charge on any atom is 1.00 e. The van der Waals surface area contributed by atoms with Gasteiger partial charge in [-0.1, -0.05) is 6.92 Å². The number of thioether (sulfide) groups is 1. The second kappa shape index (κ2) is 6.09. The third-order valence-electron chi connectivity index (χ3n) is 3.63. The first kappa shape index (κ1) is 17.6. The zero-order valence-corrected chi connectivity index (χ0v) is 14.7. The van der Waals surface area contributed by atoms with Crippen LogP contribution < -0.4 is 34.7 Å². The summed E-state index contributed by atoms with van der Waals surface area (Å²) in [6.45, 7) is 3.47. The minimum absolute atomic E-state index is 0. The van der Waals surface area contributed by atoms with Crippen molar-refractivity contribution in [1.29, 1.82) is 0 Å². The fraction of sp³-hybridized carbons (Fsp3) is 0.583. The number of rotatable bonds is 4. The van der Waals surface area contributed by atoms with Crippen LogP contribution in [-0.4, -0.2) is 41.7 Å². The first-order chi connectivity index (χ1) is 8.89. The van der Waals surface area contributed by atoms with Gasteiger partial charge in [0.25, 0.3) is 0 Å². The Kier molecular flexibility index (Phi) is 5.34. The summed E-state index contributed by atoms with van der Waals surface area (Å²) in [7, 11) is 1.25. The number of amides is 1. The molecule has 2 heterocycles. The molecule has 8 heteroatoms. The Balaban J connectivity index is 0.00000200. The molecule has 1 saturated heterocycles. The summed E-state index contributed by atoms with van der Waals surface area (Å²) in [5.41, 5.74) is -1.29. The molecule has 0 aromatic heterocycles. The molecular weight excluding hydrogens is 293 g/mol. The van der Waals surface area contributed by atoms with E-state index in [4.69, 9.17) is 4.74 Å². The molecule has 1 unspecified atom stereocenters. The van der Waals surface area contributed by atoms with Crippen LogP contribution >= 0.6 is 11.8 Å². The molecule has 2 rings (SSSR count). The van der Waals surface area contributed by atoms with Crippen molar-refractivity contribution < 1.29 is 53.8 Å². The number of hydrogen-bond acceptors (Lipinski definition) is 6. The van der Waals surface area contributed by atoms with Crippen LogP contribution in [0, 0.1) is 5.41 Å². The van der Waals surface area contributed by atoms with Crippen LogP contribution in [0.3, 0.4) is 0 Å². The summed E-state index contributed by atoms with van der Waals surface area (Å²) < 4.78 is 4.79. The second-order valence-electron chi connectivity index (χ2n) is 4.58. The van der Waals surface area contributed by atoms with Crippen molar-refractivity contribution in [3.63, 3.8) is 0 Å². The van der Waals surface area contributed by atoms with Gasteiger partial charge in [-0.25, -0.2) is 0 Å². The maximum absolute atomic E-state index is 12.1. The summed E-state index contributed by atoms with van der Waals surface area (Å²) in [6, 6.07) is -0.477. The molecule has 0 saturated carbocycles. The average molecular weight is 307 g/mol. The van der Waals surface area contributed by atoms with Gasteiger partial charge in [-0.15, -0.1) is 11.8 Å². The van der Waals surface area contributed by atoms with Crippen molar-refractivity contribution in [1.82, 2.24) is 4.90 Å². The van der Waals surface area contributed by atoms with Gasteiger partial charge in [0.15, 0.2) is 0 Å². The van der Waals surface area contributed by atoms with Gasteiger partial charge < -0.3 is 19.5 Å². The maximum atomic E-state index is 12.1. The fourth-order valence-electron chi connectivity index (χ4n) is 2.66. The molecule has 6 nitrogen and oxygen atoms in total. The molecule has 0 radical (unpaired) electrons. The van der Waals surface area contributed by atoms with E-state index in [1.54, 1.807) is 6.92 Å². The van der Waals surface area contributed by atoms with E-state index < -0.39 is 23.4 Å². The van der Waals surface area contributed by atoms with Crippen molar-refractivity contribution in [2.75, 3.05) is 12.9 Å². The van der Waals surface area contributed by atoms with E-state index in [-0.39, 0.29) is 47.6 Å². The molecule has 1 fully saturated rings. The van der Waals surface area contributed by atoms with Crippen molar-refractivity contribution in [2.24, 2.45) is 5.41 Å². The van der Waals surface area contributed by atoms with E-state index >= 15 is 0 Å². The number of nitrogens with zero attached hydrogens (tertiary/aromatic N) is 1. The van der Waals surface area contributed by atoms with E-state index in [0.29, 0.717) is 10.7 Å². The van der Waals surface area contributed by atoms with Crippen LogP contribution in [0.5, 0.6) is 0 Å². The fourth-order valence-corrected chi connectivity index (χ4v) is 3.79. The topological polar surface area (TPSA) is 86.7 Å². The molecule has 0 N–H and O–H groups in total. The number of carboxylic acids is 1.